The topological polar surface area (TPSA) is 144 Å². The molecule has 0 saturated carbocycles. The average molecular weight is 588 g/mol. The van der Waals surface area contributed by atoms with Crippen LogP contribution in [0.25, 0.3) is 0 Å². The summed E-state index contributed by atoms with van der Waals surface area (Å²) in [6, 6.07) is 8.37. The van der Waals surface area contributed by atoms with Gasteiger partial charge in [-0.1, -0.05) is 46.4 Å². The number of carboxylic acid groups (broad SMARTS) is 1. The van der Waals surface area contributed by atoms with Gasteiger partial charge in [-0.3, -0.25) is 0 Å². The highest BCUT2D eigenvalue weighted by molar-refractivity contribution is 7.87. The van der Waals surface area contributed by atoms with Crippen LogP contribution in [-0.2, 0) is 20.2 Å². The second kappa shape index (κ2) is 9.68. The lowest BCUT2D eigenvalue weighted by Crippen LogP contribution is -2.15. The molecule has 180 valence electrons. The SMILES string of the molecule is O=C(O)c1ccc(OS(=O)(=O)c2cc(Cl)ccc2Cl)c(OS(=O)(=O)c2cc(Cl)ccc2Cl)c1O. The highest BCUT2D eigenvalue weighted by Gasteiger charge is 2.31. The summed E-state index contributed by atoms with van der Waals surface area (Å²) in [4.78, 5) is 10.2. The van der Waals surface area contributed by atoms with Crippen LogP contribution >= 0.6 is 46.4 Å². The minimum atomic E-state index is -4.88. The summed E-state index contributed by atoms with van der Waals surface area (Å²) in [6.07, 6.45) is 0. The van der Waals surface area contributed by atoms with Crippen LogP contribution in [0.5, 0.6) is 17.2 Å². The van der Waals surface area contributed by atoms with E-state index in [9.17, 15) is 31.8 Å². The summed E-state index contributed by atoms with van der Waals surface area (Å²) in [5, 5.41) is 19.0. The lowest BCUT2D eigenvalue weighted by atomic mass is 10.2. The Morgan fingerprint density at radius 2 is 1.21 bits per heavy atom. The van der Waals surface area contributed by atoms with Gasteiger partial charge < -0.3 is 18.6 Å². The van der Waals surface area contributed by atoms with Crippen molar-refractivity contribution in [1.82, 2.24) is 0 Å². The molecule has 0 radical (unpaired) electrons. The molecule has 0 fully saturated rings. The number of phenols is 1. The molecule has 0 aliphatic heterocycles. The molecule has 0 atom stereocenters. The number of carbonyl (C=O) groups is 1. The third kappa shape index (κ3) is 5.45. The number of benzene rings is 3. The Kier molecular flexibility index (Phi) is 7.46. The van der Waals surface area contributed by atoms with Crippen LogP contribution < -0.4 is 8.37 Å². The van der Waals surface area contributed by atoms with Gasteiger partial charge in [0.05, 0.1) is 10.0 Å². The summed E-state index contributed by atoms with van der Waals surface area (Å²) in [5.41, 5.74) is -0.812. The molecule has 9 nitrogen and oxygen atoms in total. The van der Waals surface area contributed by atoms with Gasteiger partial charge in [0.15, 0.2) is 11.5 Å². The van der Waals surface area contributed by atoms with Crippen molar-refractivity contribution in [2.45, 2.75) is 9.79 Å². The van der Waals surface area contributed by atoms with Gasteiger partial charge in [-0.15, -0.1) is 0 Å². The Hall–Kier alpha value is -2.41. The lowest BCUT2D eigenvalue weighted by Gasteiger charge is -2.16. The van der Waals surface area contributed by atoms with Crippen LogP contribution in [0.3, 0.4) is 0 Å². The van der Waals surface area contributed by atoms with Crippen molar-refractivity contribution in [3.05, 3.63) is 74.2 Å². The summed E-state index contributed by atoms with van der Waals surface area (Å²) in [7, 11) is -9.65. The summed E-state index contributed by atoms with van der Waals surface area (Å²) in [5.74, 6) is -4.93. The molecule has 0 aliphatic rings. The molecule has 34 heavy (non-hydrogen) atoms. The monoisotopic (exact) mass is 586 g/mol. The molecule has 0 bridgehead atoms. The Labute approximate surface area is 213 Å². The number of hydrogen-bond acceptors (Lipinski definition) is 8. The second-order valence-corrected chi connectivity index (χ2v) is 11.0. The number of carboxylic acids is 1. The summed E-state index contributed by atoms with van der Waals surface area (Å²) in [6.45, 7) is 0. The molecule has 0 saturated heterocycles. The van der Waals surface area contributed by atoms with Crippen molar-refractivity contribution >= 4 is 72.6 Å². The van der Waals surface area contributed by atoms with Crippen molar-refractivity contribution < 1.29 is 40.2 Å². The van der Waals surface area contributed by atoms with Gasteiger partial charge in [-0.2, -0.15) is 16.8 Å². The molecule has 0 amide bonds. The summed E-state index contributed by atoms with van der Waals surface area (Å²) >= 11 is 23.4. The van der Waals surface area contributed by atoms with Gasteiger partial charge in [0.1, 0.15) is 15.4 Å². The first-order valence-corrected chi connectivity index (χ1v) is 12.9. The van der Waals surface area contributed by atoms with E-state index in [0.29, 0.717) is 0 Å². The standard InChI is InChI=1S/C19H10Cl4O9S2/c20-9-1-4-12(22)15(7-9)33(27,28)31-14-6-3-11(19(25)26)17(24)18(14)32-34(29,30)16-8-10(21)2-5-13(16)23/h1-8,24H,(H,25,26). The normalized spacial score (nSPS) is 11.8. The molecule has 0 heterocycles. The predicted molar refractivity (Wildman–Crippen MR) is 124 cm³/mol. The van der Waals surface area contributed by atoms with Crippen LogP contribution in [0.1, 0.15) is 10.4 Å². The highest BCUT2D eigenvalue weighted by Crippen LogP contribution is 2.43. The van der Waals surface area contributed by atoms with E-state index >= 15 is 0 Å². The molecule has 0 unspecified atom stereocenters. The third-order valence-corrected chi connectivity index (χ3v) is 7.93. The lowest BCUT2D eigenvalue weighted by molar-refractivity contribution is 0.0693. The van der Waals surface area contributed by atoms with Crippen molar-refractivity contribution in [3.63, 3.8) is 0 Å². The molecule has 0 aliphatic carbocycles. The molecular weight excluding hydrogens is 578 g/mol. The van der Waals surface area contributed by atoms with Gasteiger partial charge in [-0.25, -0.2) is 4.79 Å². The molecule has 3 aromatic rings. The van der Waals surface area contributed by atoms with Crippen LogP contribution in [-0.4, -0.2) is 33.0 Å². The fourth-order valence-electron chi connectivity index (χ4n) is 2.53. The van der Waals surface area contributed by atoms with Gasteiger partial charge in [0, 0.05) is 10.0 Å². The highest BCUT2D eigenvalue weighted by atomic mass is 35.5. The van der Waals surface area contributed by atoms with Crippen LogP contribution in [0, 0.1) is 0 Å². The zero-order valence-electron chi connectivity index (χ0n) is 16.2. The quantitative estimate of drug-likeness (QED) is 0.354. The smallest absolute Gasteiger partial charge is 0.341 e. The van der Waals surface area contributed by atoms with Gasteiger partial charge in [0.2, 0.25) is 5.75 Å². The predicted octanol–water partition coefficient (Wildman–Crippen LogP) is 5.24. The van der Waals surface area contributed by atoms with Crippen LogP contribution in [0.4, 0.5) is 0 Å². The first kappa shape index (κ1) is 26.2. The van der Waals surface area contributed by atoms with E-state index in [1.807, 2.05) is 0 Å². The van der Waals surface area contributed by atoms with Crippen LogP contribution in [0.2, 0.25) is 20.1 Å². The van der Waals surface area contributed by atoms with Gasteiger partial charge >= 0.3 is 26.2 Å². The molecule has 3 rings (SSSR count). The molecule has 15 heteroatoms. The van der Waals surface area contributed by atoms with Gasteiger partial charge in [0.25, 0.3) is 0 Å². The molecule has 0 spiro atoms. The van der Waals surface area contributed by atoms with E-state index in [2.05, 4.69) is 0 Å². The minimum Gasteiger partial charge on any atom is -0.504 e. The first-order valence-electron chi connectivity index (χ1n) is 8.61. The van der Waals surface area contributed by atoms with Crippen LogP contribution in [0.15, 0.2) is 58.3 Å². The van der Waals surface area contributed by atoms with E-state index in [4.69, 9.17) is 54.8 Å². The van der Waals surface area contributed by atoms with E-state index in [-0.39, 0.29) is 20.1 Å². The zero-order valence-corrected chi connectivity index (χ0v) is 20.9. The van der Waals surface area contributed by atoms with Crippen molar-refractivity contribution in [2.75, 3.05) is 0 Å². The Morgan fingerprint density at radius 1 is 0.735 bits per heavy atom. The van der Waals surface area contributed by atoms with Crippen molar-refractivity contribution in [2.24, 2.45) is 0 Å². The summed E-state index contributed by atoms with van der Waals surface area (Å²) < 4.78 is 61.0. The van der Waals surface area contributed by atoms with E-state index in [1.54, 1.807) is 0 Å². The van der Waals surface area contributed by atoms with E-state index in [1.165, 1.54) is 18.2 Å². The molecule has 0 aromatic heterocycles. The Balaban J connectivity index is 2.17. The maximum Gasteiger partial charge on any atom is 0.341 e. The van der Waals surface area contributed by atoms with E-state index in [0.717, 1.165) is 30.3 Å². The fourth-order valence-corrected chi connectivity index (χ4v) is 5.89. The first-order chi connectivity index (χ1) is 15.7. The molecule has 3 aromatic carbocycles. The van der Waals surface area contributed by atoms with E-state index < -0.39 is 58.8 Å². The number of aromatic carboxylic acids is 1. The zero-order chi connectivity index (χ0) is 25.4. The number of aromatic hydroxyl groups is 1. The minimum absolute atomic E-state index is 0.00898. The van der Waals surface area contributed by atoms with Gasteiger partial charge in [-0.05, 0) is 48.5 Å². The fraction of sp³-hybridized carbons (Fsp3) is 0. The number of rotatable bonds is 7. The van der Waals surface area contributed by atoms with Crippen molar-refractivity contribution in [3.8, 4) is 17.2 Å². The maximum absolute atomic E-state index is 12.8. The third-order valence-electron chi connectivity index (χ3n) is 4.04. The number of halogens is 4. The Morgan fingerprint density at radius 3 is 1.68 bits per heavy atom. The average Bonchev–Trinajstić information content (AvgIpc) is 2.73. The maximum atomic E-state index is 12.8. The largest absolute Gasteiger partial charge is 0.504 e. The number of hydrogen-bond donors (Lipinski definition) is 2. The Bertz CT molecular complexity index is 1520. The van der Waals surface area contributed by atoms with Crippen molar-refractivity contribution in [1.29, 1.82) is 0 Å². The second-order valence-electron chi connectivity index (χ2n) is 6.32. The molecule has 2 N–H and O–H groups in total. The molecular formula is C19H10Cl4O9S2.